The van der Waals surface area contributed by atoms with Crippen molar-refractivity contribution in [3.63, 3.8) is 0 Å². The maximum absolute atomic E-state index is 13.1. The summed E-state index contributed by atoms with van der Waals surface area (Å²) in [5.74, 6) is -0.124. The van der Waals surface area contributed by atoms with Gasteiger partial charge in [0, 0.05) is 13.1 Å². The number of piperidine rings is 1. The molecule has 2 rings (SSSR count). The molecule has 1 aliphatic heterocycles. The third-order valence-corrected chi connectivity index (χ3v) is 4.23. The number of hydrogen-bond acceptors (Lipinski definition) is 3. The van der Waals surface area contributed by atoms with Crippen LogP contribution in [0.3, 0.4) is 0 Å². The normalized spacial score (nSPS) is 17.8. The zero-order chi connectivity index (χ0) is 18.0. The highest BCUT2D eigenvalue weighted by Gasteiger charge is 2.34. The van der Waals surface area contributed by atoms with Crippen LogP contribution in [0.1, 0.15) is 44.7 Å². The fraction of sp³-hybridized carbons (Fsp3) is 0.611. The summed E-state index contributed by atoms with van der Waals surface area (Å²) in [5.41, 5.74) is -0.774. The second-order valence-corrected chi connectivity index (χ2v) is 7.36. The van der Waals surface area contributed by atoms with Crippen LogP contribution in [0.25, 0.3) is 0 Å². The summed E-state index contributed by atoms with van der Waals surface area (Å²) in [5, 5.41) is 1.62. The van der Waals surface area contributed by atoms with Gasteiger partial charge in [0.1, 0.15) is 0 Å². The fourth-order valence-electron chi connectivity index (χ4n) is 2.74. The quantitative estimate of drug-likeness (QED) is 0.811. The monoisotopic (exact) mass is 343 g/mol. The molecule has 0 N–H and O–H groups in total. The highest BCUT2D eigenvalue weighted by molar-refractivity contribution is 5.75. The minimum Gasteiger partial charge on any atom is -0.367 e. The first kappa shape index (κ1) is 18.8. The molecule has 1 saturated heterocycles. The van der Waals surface area contributed by atoms with Crippen molar-refractivity contribution in [3.05, 3.63) is 35.4 Å². The molecule has 0 spiro atoms. The van der Waals surface area contributed by atoms with E-state index in [1.165, 1.54) is 6.07 Å². The Bertz CT molecular complexity index is 570. The number of hydrogen-bond donors (Lipinski definition) is 0. The van der Waals surface area contributed by atoms with Crippen LogP contribution in [0, 0.1) is 11.3 Å². The standard InChI is InChI=1S/C18H24F3NO2/c1-17(2,3)16(23)24-22-10-8-13(9-11-22)12-14-6-4-5-7-15(14)18(19,20)21/h4-7,13H,8-12H2,1-3H3. The Kier molecular flexibility index (Phi) is 5.58. The van der Waals surface area contributed by atoms with E-state index in [-0.39, 0.29) is 11.9 Å². The molecule has 1 aromatic rings. The largest absolute Gasteiger partial charge is 0.416 e. The van der Waals surface area contributed by atoms with Crippen molar-refractivity contribution in [2.24, 2.45) is 11.3 Å². The SMILES string of the molecule is CC(C)(C)C(=O)ON1CCC(Cc2ccccc2C(F)(F)F)CC1. The Hall–Kier alpha value is -1.56. The summed E-state index contributed by atoms with van der Waals surface area (Å²) >= 11 is 0. The molecule has 0 unspecified atom stereocenters. The van der Waals surface area contributed by atoms with Crippen molar-refractivity contribution < 1.29 is 22.8 Å². The van der Waals surface area contributed by atoms with Gasteiger partial charge in [0.15, 0.2) is 0 Å². The first-order chi connectivity index (χ1) is 11.1. The smallest absolute Gasteiger partial charge is 0.367 e. The van der Waals surface area contributed by atoms with Gasteiger partial charge in [0.25, 0.3) is 0 Å². The topological polar surface area (TPSA) is 29.5 Å². The predicted molar refractivity (Wildman–Crippen MR) is 85.0 cm³/mol. The molecule has 0 aromatic heterocycles. The molecule has 134 valence electrons. The number of benzene rings is 1. The Labute approximate surface area is 140 Å². The molecule has 0 atom stereocenters. The number of hydroxylamine groups is 2. The first-order valence-corrected chi connectivity index (χ1v) is 8.20. The first-order valence-electron chi connectivity index (χ1n) is 8.20. The lowest BCUT2D eigenvalue weighted by atomic mass is 9.89. The van der Waals surface area contributed by atoms with Gasteiger partial charge in [0.05, 0.1) is 11.0 Å². The molecule has 0 aliphatic carbocycles. The minimum atomic E-state index is -4.32. The van der Waals surface area contributed by atoms with E-state index in [0.29, 0.717) is 37.9 Å². The van der Waals surface area contributed by atoms with E-state index in [1.807, 2.05) is 0 Å². The van der Waals surface area contributed by atoms with Gasteiger partial charge < -0.3 is 4.84 Å². The third-order valence-electron chi connectivity index (χ3n) is 4.23. The molecule has 0 radical (unpaired) electrons. The van der Waals surface area contributed by atoms with Crippen molar-refractivity contribution in [1.82, 2.24) is 5.06 Å². The molecule has 24 heavy (non-hydrogen) atoms. The summed E-state index contributed by atoms with van der Waals surface area (Å²) in [6, 6.07) is 5.75. The molecule has 6 heteroatoms. The van der Waals surface area contributed by atoms with E-state index >= 15 is 0 Å². The van der Waals surface area contributed by atoms with Gasteiger partial charge in [-0.15, -0.1) is 5.06 Å². The van der Waals surface area contributed by atoms with Crippen molar-refractivity contribution in [3.8, 4) is 0 Å². The van der Waals surface area contributed by atoms with Crippen molar-refractivity contribution in [2.45, 2.75) is 46.2 Å². The average Bonchev–Trinajstić information content (AvgIpc) is 2.48. The summed E-state index contributed by atoms with van der Waals surface area (Å²) in [7, 11) is 0. The number of rotatable bonds is 3. The van der Waals surface area contributed by atoms with Crippen LogP contribution in [0.5, 0.6) is 0 Å². The van der Waals surface area contributed by atoms with Gasteiger partial charge in [-0.25, -0.2) is 4.79 Å². The second-order valence-electron chi connectivity index (χ2n) is 7.36. The van der Waals surface area contributed by atoms with Gasteiger partial charge in [-0.1, -0.05) is 18.2 Å². The predicted octanol–water partition coefficient (Wildman–Crippen LogP) is 4.46. The molecule has 0 amide bonds. The molecule has 1 heterocycles. The highest BCUT2D eigenvalue weighted by Crippen LogP contribution is 2.34. The van der Waals surface area contributed by atoms with Gasteiger partial charge in [-0.3, -0.25) is 0 Å². The Balaban J connectivity index is 1.92. The van der Waals surface area contributed by atoms with Crippen molar-refractivity contribution >= 4 is 5.97 Å². The molecule has 3 nitrogen and oxygen atoms in total. The van der Waals surface area contributed by atoms with Gasteiger partial charge in [-0.2, -0.15) is 13.2 Å². The number of alkyl halides is 3. The molecular formula is C18H24F3NO2. The fourth-order valence-corrected chi connectivity index (χ4v) is 2.74. The van der Waals surface area contributed by atoms with E-state index < -0.39 is 17.2 Å². The lowest BCUT2D eigenvalue weighted by Gasteiger charge is -2.32. The Morgan fingerprint density at radius 1 is 1.17 bits per heavy atom. The maximum Gasteiger partial charge on any atom is 0.416 e. The van der Waals surface area contributed by atoms with Crippen LogP contribution in [-0.4, -0.2) is 24.1 Å². The van der Waals surface area contributed by atoms with E-state index in [2.05, 4.69) is 0 Å². The van der Waals surface area contributed by atoms with E-state index in [9.17, 15) is 18.0 Å². The van der Waals surface area contributed by atoms with Gasteiger partial charge >= 0.3 is 12.1 Å². The zero-order valence-electron chi connectivity index (χ0n) is 14.3. The molecule has 1 fully saturated rings. The van der Waals surface area contributed by atoms with Crippen LogP contribution in [0.2, 0.25) is 0 Å². The lowest BCUT2D eigenvalue weighted by molar-refractivity contribution is -0.206. The van der Waals surface area contributed by atoms with Crippen LogP contribution in [0.4, 0.5) is 13.2 Å². The van der Waals surface area contributed by atoms with Crippen LogP contribution in [-0.2, 0) is 22.2 Å². The summed E-state index contributed by atoms with van der Waals surface area (Å²) in [6.45, 7) is 6.48. The van der Waals surface area contributed by atoms with Crippen LogP contribution < -0.4 is 0 Å². The van der Waals surface area contributed by atoms with Crippen molar-refractivity contribution in [2.75, 3.05) is 13.1 Å². The molecule has 0 bridgehead atoms. The lowest BCUT2D eigenvalue weighted by Crippen LogP contribution is -2.39. The Morgan fingerprint density at radius 2 is 1.75 bits per heavy atom. The maximum atomic E-state index is 13.1. The number of carbonyl (C=O) groups is 1. The average molecular weight is 343 g/mol. The molecular weight excluding hydrogens is 319 g/mol. The van der Waals surface area contributed by atoms with Gasteiger partial charge in [-0.05, 0) is 57.6 Å². The third kappa shape index (κ3) is 4.97. The molecule has 1 aliphatic rings. The van der Waals surface area contributed by atoms with Crippen LogP contribution in [0.15, 0.2) is 24.3 Å². The second kappa shape index (κ2) is 7.13. The highest BCUT2D eigenvalue weighted by atomic mass is 19.4. The molecule has 0 saturated carbocycles. The van der Waals surface area contributed by atoms with Crippen LogP contribution >= 0.6 is 0 Å². The van der Waals surface area contributed by atoms with Crippen molar-refractivity contribution in [1.29, 1.82) is 0 Å². The number of halogens is 3. The number of carbonyl (C=O) groups excluding carboxylic acids is 1. The van der Waals surface area contributed by atoms with Gasteiger partial charge in [0.2, 0.25) is 0 Å². The summed E-state index contributed by atoms with van der Waals surface area (Å²) < 4.78 is 39.2. The molecule has 1 aromatic carbocycles. The number of nitrogens with zero attached hydrogens (tertiary/aromatic N) is 1. The minimum absolute atomic E-state index is 0.165. The summed E-state index contributed by atoms with van der Waals surface area (Å²) in [4.78, 5) is 17.2. The Morgan fingerprint density at radius 3 is 2.29 bits per heavy atom. The van der Waals surface area contributed by atoms with E-state index in [4.69, 9.17) is 4.84 Å². The van der Waals surface area contributed by atoms with E-state index in [1.54, 1.807) is 38.0 Å². The summed E-state index contributed by atoms with van der Waals surface area (Å²) in [6.07, 6.45) is -2.50. The van der Waals surface area contributed by atoms with E-state index in [0.717, 1.165) is 6.07 Å². The zero-order valence-corrected chi connectivity index (χ0v) is 14.3.